The first-order chi connectivity index (χ1) is 11.4. The maximum Gasteiger partial charge on any atom is 0.247 e. The quantitative estimate of drug-likeness (QED) is 0.378. The van der Waals surface area contributed by atoms with Gasteiger partial charge in [0.05, 0.1) is 0 Å². The first-order valence-corrected chi connectivity index (χ1v) is 11.3. The van der Waals surface area contributed by atoms with Crippen LogP contribution in [0.25, 0.3) is 0 Å². The average molecular weight is 351 g/mol. The van der Waals surface area contributed by atoms with E-state index < -0.39 is 7.38 Å². The molecule has 0 unspecified atom stereocenters. The van der Waals surface area contributed by atoms with Crippen LogP contribution in [0.5, 0.6) is 0 Å². The first-order valence-electron chi connectivity index (χ1n) is 8.31. The van der Waals surface area contributed by atoms with Crippen molar-refractivity contribution in [1.29, 1.82) is 0 Å². The second kappa shape index (κ2) is 6.58. The summed E-state index contributed by atoms with van der Waals surface area (Å²) in [5.74, 6) is 0. The minimum Gasteiger partial charge on any atom is -0.149 e. The van der Waals surface area contributed by atoms with Crippen LogP contribution in [0.4, 0.5) is 0 Å². The summed E-state index contributed by atoms with van der Waals surface area (Å²) in [7, 11) is -2.51. The van der Waals surface area contributed by atoms with Crippen LogP contribution in [0.15, 0.2) is 66.7 Å². The van der Waals surface area contributed by atoms with Gasteiger partial charge in [-0.3, -0.25) is 0 Å². The molecular weight excluding hydrogens is 328 g/mol. The lowest BCUT2D eigenvalue weighted by molar-refractivity contribution is 1.40. The number of aryl methyl sites for hydroxylation is 4. The highest BCUT2D eigenvalue weighted by molar-refractivity contribution is 7.40. The molecule has 3 aromatic rings. The first kappa shape index (κ1) is 17.0. The molecule has 122 valence electrons. The molecule has 0 saturated carbocycles. The second-order valence-electron chi connectivity index (χ2n) is 6.77. The van der Waals surface area contributed by atoms with E-state index >= 15 is 0 Å². The van der Waals surface area contributed by atoms with Crippen LogP contribution in [-0.4, -0.2) is 7.38 Å². The Morgan fingerprint density at radius 2 is 0.875 bits per heavy atom. The fourth-order valence-electron chi connectivity index (χ4n) is 3.24. The van der Waals surface area contributed by atoms with Crippen LogP contribution >= 0.6 is 11.1 Å². The zero-order valence-electron chi connectivity index (χ0n) is 14.7. The van der Waals surface area contributed by atoms with Crippen LogP contribution in [-0.2, 0) is 0 Å². The molecule has 0 bridgehead atoms. The maximum absolute atomic E-state index is 7.50. The van der Waals surface area contributed by atoms with E-state index in [1.54, 1.807) is 0 Å². The van der Waals surface area contributed by atoms with E-state index in [-0.39, 0.29) is 0 Å². The van der Waals surface area contributed by atoms with Gasteiger partial charge in [0, 0.05) is 0 Å². The van der Waals surface area contributed by atoms with Gasteiger partial charge in [-0.1, -0.05) is 89.0 Å². The number of benzene rings is 3. The van der Waals surface area contributed by atoms with E-state index in [4.69, 9.17) is 11.1 Å². The Morgan fingerprint density at radius 3 is 1.25 bits per heavy atom. The Bertz CT molecular complexity index is 782. The molecule has 24 heavy (non-hydrogen) atoms. The van der Waals surface area contributed by atoms with Gasteiger partial charge in [-0.25, -0.2) is 0 Å². The summed E-state index contributed by atoms with van der Waals surface area (Å²) in [4.78, 5) is 0. The monoisotopic (exact) mass is 350 g/mol. The summed E-state index contributed by atoms with van der Waals surface area (Å²) in [5, 5.41) is 3.74. The van der Waals surface area contributed by atoms with Crippen molar-refractivity contribution in [3.05, 3.63) is 89.0 Å². The Labute approximate surface area is 150 Å². The summed E-state index contributed by atoms with van der Waals surface area (Å²) < 4.78 is 0. The predicted molar refractivity (Wildman–Crippen MR) is 109 cm³/mol. The Hall–Kier alpha value is -1.83. The van der Waals surface area contributed by atoms with Crippen molar-refractivity contribution in [2.24, 2.45) is 0 Å². The number of halogens is 1. The van der Waals surface area contributed by atoms with Crippen LogP contribution in [0.3, 0.4) is 0 Å². The lowest BCUT2D eigenvalue weighted by Gasteiger charge is -2.27. The lowest BCUT2D eigenvalue weighted by atomic mass is 10.2. The predicted octanol–water partition coefficient (Wildman–Crippen LogP) is 4.13. The molecule has 0 saturated heterocycles. The van der Waals surface area contributed by atoms with Gasteiger partial charge in [0.2, 0.25) is 7.38 Å². The Kier molecular flexibility index (Phi) is 4.66. The molecule has 0 spiro atoms. The van der Waals surface area contributed by atoms with Crippen molar-refractivity contribution < 1.29 is 0 Å². The van der Waals surface area contributed by atoms with Gasteiger partial charge in [0.1, 0.15) is 0 Å². The topological polar surface area (TPSA) is 0 Å². The molecule has 0 aliphatic rings. The molecule has 0 nitrogen and oxygen atoms in total. The summed E-state index contributed by atoms with van der Waals surface area (Å²) in [6.07, 6.45) is 0. The standard InChI is InChI=1S/C22H23ClSi/c1-16-5-9-20(10-6-16)24(23,21-11-7-17(2)8-12-21)22-14-18(3)13-19(4)15-22/h5-15H,1-4H3. The molecule has 0 aliphatic carbocycles. The maximum atomic E-state index is 7.50. The van der Waals surface area contributed by atoms with E-state index in [0.717, 1.165) is 0 Å². The molecular formula is C22H23ClSi. The molecule has 0 amide bonds. The van der Waals surface area contributed by atoms with E-state index in [9.17, 15) is 0 Å². The van der Waals surface area contributed by atoms with Crippen molar-refractivity contribution >= 4 is 34.0 Å². The van der Waals surface area contributed by atoms with Gasteiger partial charge >= 0.3 is 0 Å². The third-order valence-electron chi connectivity index (χ3n) is 4.52. The molecule has 3 rings (SSSR count). The van der Waals surface area contributed by atoms with Crippen molar-refractivity contribution in [2.45, 2.75) is 27.7 Å². The van der Waals surface area contributed by atoms with Gasteiger partial charge in [0.15, 0.2) is 0 Å². The largest absolute Gasteiger partial charge is 0.247 e. The Balaban J connectivity index is 2.27. The average Bonchev–Trinajstić information content (AvgIpc) is 2.54. The summed E-state index contributed by atoms with van der Waals surface area (Å²) in [6, 6.07) is 24.2. The molecule has 3 aromatic carbocycles. The summed E-state index contributed by atoms with van der Waals surface area (Å²) in [6.45, 7) is 8.52. The van der Waals surface area contributed by atoms with Gasteiger partial charge in [0.25, 0.3) is 0 Å². The summed E-state index contributed by atoms with van der Waals surface area (Å²) >= 11 is 7.50. The molecule has 0 N–H and O–H groups in total. The zero-order chi connectivity index (χ0) is 17.3. The van der Waals surface area contributed by atoms with Crippen LogP contribution in [0.2, 0.25) is 0 Å². The Morgan fingerprint density at radius 1 is 0.500 bits per heavy atom. The smallest absolute Gasteiger partial charge is 0.149 e. The van der Waals surface area contributed by atoms with E-state index in [1.165, 1.54) is 37.8 Å². The highest BCUT2D eigenvalue weighted by atomic mass is 35.6. The number of rotatable bonds is 3. The van der Waals surface area contributed by atoms with Gasteiger partial charge < -0.3 is 0 Å². The minimum atomic E-state index is -2.51. The molecule has 0 aliphatic heterocycles. The SMILES string of the molecule is Cc1ccc([Si](Cl)(c2ccc(C)cc2)c2cc(C)cc(C)c2)cc1. The van der Waals surface area contributed by atoms with Crippen molar-refractivity contribution in [2.75, 3.05) is 0 Å². The van der Waals surface area contributed by atoms with E-state index in [1.807, 2.05) is 0 Å². The molecule has 0 radical (unpaired) electrons. The number of hydrogen-bond acceptors (Lipinski definition) is 0. The van der Waals surface area contributed by atoms with Gasteiger partial charge in [-0.2, -0.15) is 0 Å². The molecule has 0 heterocycles. The molecule has 0 aromatic heterocycles. The van der Waals surface area contributed by atoms with Crippen LogP contribution < -0.4 is 15.6 Å². The van der Waals surface area contributed by atoms with E-state index in [2.05, 4.69) is 94.4 Å². The highest BCUT2D eigenvalue weighted by Crippen LogP contribution is 2.15. The van der Waals surface area contributed by atoms with Gasteiger partial charge in [-0.15, -0.1) is 11.1 Å². The van der Waals surface area contributed by atoms with Crippen molar-refractivity contribution in [1.82, 2.24) is 0 Å². The van der Waals surface area contributed by atoms with Crippen LogP contribution in [0.1, 0.15) is 22.3 Å². The summed E-state index contributed by atoms with van der Waals surface area (Å²) in [5.41, 5.74) is 5.05. The molecule has 0 fully saturated rings. The number of hydrogen-bond donors (Lipinski definition) is 0. The van der Waals surface area contributed by atoms with Crippen molar-refractivity contribution in [3.8, 4) is 0 Å². The fourth-order valence-corrected chi connectivity index (χ4v) is 7.43. The second-order valence-corrected chi connectivity index (χ2v) is 11.5. The van der Waals surface area contributed by atoms with Crippen molar-refractivity contribution in [3.63, 3.8) is 0 Å². The van der Waals surface area contributed by atoms with Gasteiger partial charge in [-0.05, 0) is 43.3 Å². The van der Waals surface area contributed by atoms with Crippen LogP contribution in [0, 0.1) is 27.7 Å². The minimum absolute atomic E-state index is 1.24. The zero-order valence-corrected chi connectivity index (χ0v) is 16.5. The molecule has 0 atom stereocenters. The third-order valence-corrected chi connectivity index (χ3v) is 9.82. The lowest BCUT2D eigenvalue weighted by Crippen LogP contribution is -2.63. The highest BCUT2D eigenvalue weighted by Gasteiger charge is 2.38. The van der Waals surface area contributed by atoms with E-state index in [0.29, 0.717) is 0 Å². The normalized spacial score (nSPS) is 11.5. The fraction of sp³-hybridized carbons (Fsp3) is 0.182. The third kappa shape index (κ3) is 3.19. The molecule has 2 heteroatoms.